The van der Waals surface area contributed by atoms with E-state index in [-0.39, 0.29) is 40.6 Å². The molecule has 284 valence electrons. The third-order valence-corrected chi connectivity index (χ3v) is 13.4. The minimum absolute atomic E-state index is 0.162. The van der Waals surface area contributed by atoms with E-state index in [1.54, 1.807) is 26.4 Å². The SMILES string of the molecule is COC(=O)C1CC(OC(=O)c2cc(OC)c(CC(C)(C)C(C)(C)c3ccccc3)c(OC)c2)CC2CN3CCC(c4ccc(C)cc4C)=C(C)C3CC21. The molecule has 53 heavy (non-hydrogen) atoms. The number of methoxy groups -OCH3 is 3. The lowest BCUT2D eigenvalue weighted by atomic mass is 9.61. The van der Waals surface area contributed by atoms with E-state index in [0.717, 1.165) is 37.9 Å². The van der Waals surface area contributed by atoms with Gasteiger partial charge in [0.2, 0.25) is 0 Å². The Balaban J connectivity index is 1.21. The number of carbonyl (C=O) groups excluding carboxylic acids is 2. The van der Waals surface area contributed by atoms with Gasteiger partial charge in [0.15, 0.2) is 0 Å². The number of hydrogen-bond donors (Lipinski definition) is 0. The maximum absolute atomic E-state index is 13.9. The van der Waals surface area contributed by atoms with Crippen molar-refractivity contribution in [1.29, 1.82) is 0 Å². The predicted molar refractivity (Wildman–Crippen MR) is 211 cm³/mol. The standard InChI is InChI=1S/C46H59NO6/c1-28-16-17-35(29(2)20-28)36-18-19-47-27-32-21-34(24-38(44(49)52-10)37(32)25-40(47)30(36)3)53-43(48)31-22-41(50-8)39(42(23-31)51-9)26-45(4,5)46(6,7)33-14-12-11-13-15-33/h11-17,20,22-23,32,34,37-38,40H,18-19,21,24-27H2,1-10H3. The minimum atomic E-state index is -0.437. The highest BCUT2D eigenvalue weighted by Crippen LogP contribution is 2.49. The van der Waals surface area contributed by atoms with Crippen LogP contribution in [0, 0.1) is 37.0 Å². The zero-order chi connectivity index (χ0) is 38.2. The summed E-state index contributed by atoms with van der Waals surface area (Å²) >= 11 is 0. The summed E-state index contributed by atoms with van der Waals surface area (Å²) in [4.78, 5) is 29.9. The fraction of sp³-hybridized carbons (Fsp3) is 0.522. The summed E-state index contributed by atoms with van der Waals surface area (Å²) < 4.78 is 23.5. The molecular formula is C46H59NO6. The van der Waals surface area contributed by atoms with Gasteiger partial charge in [-0.15, -0.1) is 0 Å². The average molecular weight is 722 g/mol. The van der Waals surface area contributed by atoms with Gasteiger partial charge in [-0.05, 0) is 110 Å². The molecular weight excluding hydrogens is 663 g/mol. The van der Waals surface area contributed by atoms with Crippen LogP contribution in [0.2, 0.25) is 0 Å². The monoisotopic (exact) mass is 721 g/mol. The van der Waals surface area contributed by atoms with E-state index < -0.39 is 12.1 Å². The number of ether oxygens (including phenoxy) is 4. The topological polar surface area (TPSA) is 74.3 Å². The molecule has 1 saturated carbocycles. The second-order valence-corrected chi connectivity index (χ2v) is 16.9. The Labute approximate surface area is 317 Å². The largest absolute Gasteiger partial charge is 0.496 e. The first-order valence-corrected chi connectivity index (χ1v) is 19.3. The number of benzene rings is 3. The quantitative estimate of drug-likeness (QED) is 0.193. The van der Waals surface area contributed by atoms with Crippen LogP contribution in [-0.4, -0.2) is 63.4 Å². The van der Waals surface area contributed by atoms with Crippen molar-refractivity contribution in [2.75, 3.05) is 34.4 Å². The number of carbonyl (C=O) groups is 2. The molecule has 7 heteroatoms. The lowest BCUT2D eigenvalue weighted by molar-refractivity contribution is -0.155. The first-order valence-electron chi connectivity index (χ1n) is 19.3. The van der Waals surface area contributed by atoms with Crippen LogP contribution in [0.5, 0.6) is 11.5 Å². The van der Waals surface area contributed by atoms with Crippen LogP contribution < -0.4 is 9.47 Å². The zero-order valence-electron chi connectivity index (χ0n) is 33.5. The third-order valence-electron chi connectivity index (χ3n) is 13.4. The Hall–Kier alpha value is -4.10. The van der Waals surface area contributed by atoms with Crippen LogP contribution in [0.25, 0.3) is 5.57 Å². The number of esters is 2. The van der Waals surface area contributed by atoms with Crippen LogP contribution >= 0.6 is 0 Å². The van der Waals surface area contributed by atoms with E-state index in [0.29, 0.717) is 29.9 Å². The van der Waals surface area contributed by atoms with Crippen LogP contribution in [0.3, 0.4) is 0 Å². The van der Waals surface area contributed by atoms with Gasteiger partial charge in [-0.25, -0.2) is 4.79 Å². The van der Waals surface area contributed by atoms with Crippen molar-refractivity contribution in [3.8, 4) is 11.5 Å². The Kier molecular flexibility index (Phi) is 11.2. The summed E-state index contributed by atoms with van der Waals surface area (Å²) in [5.74, 6) is 0.587. The van der Waals surface area contributed by atoms with Crippen LogP contribution in [0.15, 0.2) is 66.2 Å². The molecule has 5 atom stereocenters. The molecule has 1 saturated heterocycles. The lowest BCUT2D eigenvalue weighted by Gasteiger charge is -2.52. The molecule has 2 fully saturated rings. The molecule has 0 aromatic heterocycles. The maximum Gasteiger partial charge on any atom is 0.338 e. The van der Waals surface area contributed by atoms with Gasteiger partial charge in [0.25, 0.3) is 0 Å². The first-order chi connectivity index (χ1) is 25.2. The van der Waals surface area contributed by atoms with Crippen molar-refractivity contribution in [2.24, 2.45) is 23.2 Å². The predicted octanol–water partition coefficient (Wildman–Crippen LogP) is 9.16. The van der Waals surface area contributed by atoms with Gasteiger partial charge in [0.05, 0.1) is 32.8 Å². The summed E-state index contributed by atoms with van der Waals surface area (Å²) in [6.07, 6.45) is 3.34. The smallest absolute Gasteiger partial charge is 0.338 e. The second-order valence-electron chi connectivity index (χ2n) is 16.9. The van der Waals surface area contributed by atoms with Gasteiger partial charge < -0.3 is 18.9 Å². The second kappa shape index (κ2) is 15.3. The molecule has 5 unspecified atom stereocenters. The molecule has 3 aliphatic rings. The number of aryl methyl sites for hydroxylation is 2. The number of fused-ring (bicyclic) bond motifs is 2. The van der Waals surface area contributed by atoms with E-state index in [1.165, 1.54) is 40.5 Å². The number of hydrogen-bond acceptors (Lipinski definition) is 7. The van der Waals surface area contributed by atoms with Crippen LogP contribution in [0.1, 0.15) is 98.5 Å². The summed E-state index contributed by atoms with van der Waals surface area (Å²) in [5.41, 5.74) is 8.98. The van der Waals surface area contributed by atoms with Gasteiger partial charge in [-0.2, -0.15) is 0 Å². The summed E-state index contributed by atoms with van der Waals surface area (Å²) in [6, 6.07) is 21.1. The van der Waals surface area contributed by atoms with E-state index in [1.807, 2.05) is 6.07 Å². The zero-order valence-corrected chi connectivity index (χ0v) is 33.5. The molecule has 6 rings (SSSR count). The first kappa shape index (κ1) is 38.6. The van der Waals surface area contributed by atoms with E-state index in [4.69, 9.17) is 18.9 Å². The number of nitrogens with zero attached hydrogens (tertiary/aromatic N) is 1. The highest BCUT2D eigenvalue weighted by atomic mass is 16.5. The Morgan fingerprint density at radius 2 is 1.53 bits per heavy atom. The molecule has 3 aromatic rings. The van der Waals surface area contributed by atoms with E-state index in [2.05, 4.69) is 95.8 Å². The van der Waals surface area contributed by atoms with Crippen molar-refractivity contribution in [1.82, 2.24) is 4.90 Å². The molecule has 0 radical (unpaired) electrons. The molecule has 2 aliphatic heterocycles. The molecule has 2 heterocycles. The van der Waals surface area contributed by atoms with E-state index >= 15 is 0 Å². The maximum atomic E-state index is 13.9. The third kappa shape index (κ3) is 7.51. The molecule has 0 bridgehead atoms. The number of rotatable bonds is 10. The fourth-order valence-electron chi connectivity index (χ4n) is 9.57. The van der Waals surface area contributed by atoms with E-state index in [9.17, 15) is 9.59 Å². The Morgan fingerprint density at radius 1 is 0.849 bits per heavy atom. The molecule has 3 aromatic carbocycles. The molecule has 1 aliphatic carbocycles. The van der Waals surface area contributed by atoms with Gasteiger partial charge in [0, 0.05) is 24.7 Å². The van der Waals surface area contributed by atoms with Gasteiger partial charge in [-0.1, -0.05) is 87.4 Å². The normalized spacial score (nSPS) is 23.5. The van der Waals surface area contributed by atoms with Gasteiger partial charge >= 0.3 is 11.9 Å². The highest BCUT2D eigenvalue weighted by molar-refractivity contribution is 5.91. The van der Waals surface area contributed by atoms with Crippen molar-refractivity contribution in [2.45, 2.75) is 98.1 Å². The lowest BCUT2D eigenvalue weighted by Crippen LogP contribution is -2.55. The number of piperidine rings is 1. The highest BCUT2D eigenvalue weighted by Gasteiger charge is 2.49. The summed E-state index contributed by atoms with van der Waals surface area (Å²) in [5, 5.41) is 0. The van der Waals surface area contributed by atoms with Crippen molar-refractivity contribution < 1.29 is 28.5 Å². The van der Waals surface area contributed by atoms with Crippen molar-refractivity contribution in [3.63, 3.8) is 0 Å². The molecule has 0 spiro atoms. The fourth-order valence-corrected chi connectivity index (χ4v) is 9.57. The Bertz CT molecular complexity index is 1830. The average Bonchev–Trinajstić information content (AvgIpc) is 3.14. The minimum Gasteiger partial charge on any atom is -0.496 e. The van der Waals surface area contributed by atoms with Crippen LogP contribution in [0.4, 0.5) is 0 Å². The van der Waals surface area contributed by atoms with Crippen molar-refractivity contribution in [3.05, 3.63) is 99.6 Å². The molecule has 0 amide bonds. The van der Waals surface area contributed by atoms with Gasteiger partial charge in [0.1, 0.15) is 17.6 Å². The van der Waals surface area contributed by atoms with Gasteiger partial charge in [-0.3, -0.25) is 9.69 Å². The molecule has 7 nitrogen and oxygen atoms in total. The summed E-state index contributed by atoms with van der Waals surface area (Å²) in [6.45, 7) is 17.5. The van der Waals surface area contributed by atoms with Crippen LogP contribution in [-0.2, 0) is 26.1 Å². The van der Waals surface area contributed by atoms with Crippen molar-refractivity contribution >= 4 is 17.5 Å². The Morgan fingerprint density at radius 3 is 2.15 bits per heavy atom. The molecule has 0 N–H and O–H groups in total. The summed E-state index contributed by atoms with van der Waals surface area (Å²) in [7, 11) is 4.72.